The third kappa shape index (κ3) is 8.02. The number of benzene rings is 1. The zero-order chi connectivity index (χ0) is 24.2. The van der Waals surface area contributed by atoms with E-state index < -0.39 is 0 Å². The number of esters is 1. The van der Waals surface area contributed by atoms with Crippen LogP contribution in [-0.2, 0) is 9.53 Å². The summed E-state index contributed by atoms with van der Waals surface area (Å²) in [5.74, 6) is 3.40. The maximum absolute atomic E-state index is 12.8. The zero-order valence-corrected chi connectivity index (χ0v) is 22.3. The predicted octanol–water partition coefficient (Wildman–Crippen LogP) is 8.85. The molecule has 1 aromatic rings. The van der Waals surface area contributed by atoms with Crippen molar-refractivity contribution in [3.63, 3.8) is 0 Å². The minimum atomic E-state index is -0.252. The van der Waals surface area contributed by atoms with Gasteiger partial charge < -0.3 is 9.47 Å². The second-order valence-electron chi connectivity index (χ2n) is 11.3. The topological polar surface area (TPSA) is 35.5 Å². The highest BCUT2D eigenvalue weighted by molar-refractivity contribution is 5.76. The minimum absolute atomic E-state index is 0.0623. The molecule has 0 unspecified atom stereocenters. The summed E-state index contributed by atoms with van der Waals surface area (Å²) in [6.07, 6.45) is 18.0. The molecule has 2 aliphatic rings. The van der Waals surface area contributed by atoms with Crippen LogP contribution in [0.4, 0.5) is 0 Å². The Labute approximate surface area is 209 Å². The molecule has 0 N–H and O–H groups in total. The SMILES string of the molecule is CCCCCCCOC(=O)C1(C)CCC(C2CCC(c3ccc(OCCCC)cc3)CC2)CC1. The van der Waals surface area contributed by atoms with Crippen LogP contribution < -0.4 is 4.74 Å². The Hall–Kier alpha value is -1.51. The van der Waals surface area contributed by atoms with Crippen molar-refractivity contribution in [3.05, 3.63) is 29.8 Å². The van der Waals surface area contributed by atoms with Gasteiger partial charge in [0.2, 0.25) is 0 Å². The lowest BCUT2D eigenvalue weighted by molar-refractivity contribution is -0.158. The smallest absolute Gasteiger partial charge is 0.311 e. The van der Waals surface area contributed by atoms with E-state index in [0.29, 0.717) is 12.5 Å². The first-order valence-electron chi connectivity index (χ1n) is 14.5. The Kier molecular flexibility index (Phi) is 11.3. The third-order valence-corrected chi connectivity index (χ3v) is 8.66. The van der Waals surface area contributed by atoms with Crippen LogP contribution in [-0.4, -0.2) is 19.2 Å². The van der Waals surface area contributed by atoms with Crippen LogP contribution in [0.3, 0.4) is 0 Å². The molecule has 192 valence electrons. The van der Waals surface area contributed by atoms with Crippen LogP contribution in [0.5, 0.6) is 5.75 Å². The Balaban J connectivity index is 1.36. The fourth-order valence-electron chi connectivity index (χ4n) is 6.09. The molecular formula is C31H50O3. The molecule has 0 saturated heterocycles. The van der Waals surface area contributed by atoms with Crippen LogP contribution in [0.2, 0.25) is 0 Å². The maximum atomic E-state index is 12.8. The van der Waals surface area contributed by atoms with Gasteiger partial charge in [-0.25, -0.2) is 0 Å². The van der Waals surface area contributed by atoms with Crippen molar-refractivity contribution < 1.29 is 14.3 Å². The van der Waals surface area contributed by atoms with Crippen molar-refractivity contribution in [1.29, 1.82) is 0 Å². The minimum Gasteiger partial charge on any atom is -0.494 e. The quantitative estimate of drug-likeness (QED) is 0.213. The highest BCUT2D eigenvalue weighted by Crippen LogP contribution is 2.47. The van der Waals surface area contributed by atoms with Gasteiger partial charge in [0.25, 0.3) is 0 Å². The molecule has 3 heteroatoms. The van der Waals surface area contributed by atoms with Gasteiger partial charge >= 0.3 is 5.97 Å². The van der Waals surface area contributed by atoms with Crippen molar-refractivity contribution in [1.82, 2.24) is 0 Å². The van der Waals surface area contributed by atoms with Crippen molar-refractivity contribution >= 4 is 5.97 Å². The molecule has 0 spiro atoms. The zero-order valence-electron chi connectivity index (χ0n) is 22.3. The van der Waals surface area contributed by atoms with Gasteiger partial charge in [-0.05, 0) is 107 Å². The summed E-state index contributed by atoms with van der Waals surface area (Å²) in [4.78, 5) is 12.8. The maximum Gasteiger partial charge on any atom is 0.311 e. The van der Waals surface area contributed by atoms with Crippen LogP contribution in [0.25, 0.3) is 0 Å². The van der Waals surface area contributed by atoms with Crippen LogP contribution in [0.15, 0.2) is 24.3 Å². The monoisotopic (exact) mass is 470 g/mol. The summed E-state index contributed by atoms with van der Waals surface area (Å²) in [5.41, 5.74) is 1.23. The first-order chi connectivity index (χ1) is 16.6. The molecular weight excluding hydrogens is 420 g/mol. The van der Waals surface area contributed by atoms with Crippen molar-refractivity contribution in [2.24, 2.45) is 17.3 Å². The van der Waals surface area contributed by atoms with Crippen LogP contribution in [0, 0.1) is 17.3 Å². The molecule has 0 aromatic heterocycles. The van der Waals surface area contributed by atoms with E-state index >= 15 is 0 Å². The predicted molar refractivity (Wildman–Crippen MR) is 141 cm³/mol. The molecule has 2 saturated carbocycles. The highest BCUT2D eigenvalue weighted by atomic mass is 16.5. The summed E-state index contributed by atoms with van der Waals surface area (Å²) in [5, 5.41) is 0. The summed E-state index contributed by atoms with van der Waals surface area (Å²) in [6, 6.07) is 8.88. The molecule has 0 radical (unpaired) electrons. The standard InChI is InChI=1S/C31H50O3/c1-4-6-8-9-10-24-34-30(32)31(3)21-19-28(20-22-31)26-13-11-25(12-14-26)27-15-17-29(18-16-27)33-23-7-5-2/h15-18,25-26,28H,4-14,19-24H2,1-3H3. The van der Waals surface area contributed by atoms with E-state index in [0.717, 1.165) is 49.9 Å². The fourth-order valence-corrected chi connectivity index (χ4v) is 6.09. The Morgan fingerprint density at radius 1 is 0.794 bits per heavy atom. The number of carbonyl (C=O) groups is 1. The van der Waals surface area contributed by atoms with E-state index in [1.807, 2.05) is 0 Å². The normalized spacial score (nSPS) is 27.3. The molecule has 0 heterocycles. The first-order valence-corrected chi connectivity index (χ1v) is 14.5. The van der Waals surface area contributed by atoms with Gasteiger partial charge in [-0.1, -0.05) is 58.1 Å². The number of hydrogen-bond donors (Lipinski definition) is 0. The molecule has 0 atom stereocenters. The number of unbranched alkanes of at least 4 members (excludes halogenated alkanes) is 5. The second kappa shape index (κ2) is 14.1. The van der Waals surface area contributed by atoms with Crippen LogP contribution in [0.1, 0.15) is 129 Å². The van der Waals surface area contributed by atoms with Crippen LogP contribution >= 0.6 is 0 Å². The summed E-state index contributed by atoms with van der Waals surface area (Å²) >= 11 is 0. The lowest BCUT2D eigenvalue weighted by Crippen LogP contribution is -2.36. The lowest BCUT2D eigenvalue weighted by atomic mass is 9.64. The average Bonchev–Trinajstić information content (AvgIpc) is 2.87. The number of hydrogen-bond acceptors (Lipinski definition) is 3. The highest BCUT2D eigenvalue weighted by Gasteiger charge is 2.41. The number of carbonyl (C=O) groups excluding carboxylic acids is 1. The Morgan fingerprint density at radius 2 is 1.41 bits per heavy atom. The van der Waals surface area contributed by atoms with Gasteiger partial charge in [0.15, 0.2) is 0 Å². The van der Waals surface area contributed by atoms with Gasteiger partial charge in [0, 0.05) is 0 Å². The molecule has 2 aliphatic carbocycles. The number of ether oxygens (including phenoxy) is 2. The van der Waals surface area contributed by atoms with E-state index in [2.05, 4.69) is 45.0 Å². The molecule has 3 rings (SSSR count). The molecule has 0 amide bonds. The molecule has 1 aromatic carbocycles. The molecule has 0 aliphatic heterocycles. The van der Waals surface area contributed by atoms with Crippen molar-refractivity contribution in [3.8, 4) is 5.75 Å². The van der Waals surface area contributed by atoms with E-state index in [4.69, 9.17) is 9.47 Å². The largest absolute Gasteiger partial charge is 0.494 e. The molecule has 3 nitrogen and oxygen atoms in total. The average molecular weight is 471 g/mol. The van der Waals surface area contributed by atoms with Gasteiger partial charge in [-0.2, -0.15) is 0 Å². The molecule has 34 heavy (non-hydrogen) atoms. The van der Waals surface area contributed by atoms with Crippen molar-refractivity contribution in [2.75, 3.05) is 13.2 Å². The fraction of sp³-hybridized carbons (Fsp3) is 0.774. The van der Waals surface area contributed by atoms with Crippen molar-refractivity contribution in [2.45, 2.75) is 123 Å². The van der Waals surface area contributed by atoms with Gasteiger partial charge in [-0.3, -0.25) is 4.79 Å². The third-order valence-electron chi connectivity index (χ3n) is 8.66. The Bertz CT molecular complexity index is 694. The van der Waals surface area contributed by atoms with E-state index in [1.165, 1.54) is 76.2 Å². The Morgan fingerprint density at radius 3 is 2.06 bits per heavy atom. The van der Waals surface area contributed by atoms with E-state index in [1.54, 1.807) is 0 Å². The number of rotatable bonds is 13. The molecule has 2 fully saturated rings. The van der Waals surface area contributed by atoms with Gasteiger partial charge in [0.1, 0.15) is 5.75 Å². The first kappa shape index (κ1) is 27.1. The summed E-state index contributed by atoms with van der Waals surface area (Å²) in [6.45, 7) is 8.00. The van der Waals surface area contributed by atoms with Gasteiger partial charge in [-0.15, -0.1) is 0 Å². The second-order valence-corrected chi connectivity index (χ2v) is 11.3. The molecule has 0 bridgehead atoms. The lowest BCUT2D eigenvalue weighted by Gasteiger charge is -2.41. The summed E-state index contributed by atoms with van der Waals surface area (Å²) in [7, 11) is 0. The van der Waals surface area contributed by atoms with E-state index in [-0.39, 0.29) is 11.4 Å². The van der Waals surface area contributed by atoms with E-state index in [9.17, 15) is 4.79 Å². The summed E-state index contributed by atoms with van der Waals surface area (Å²) < 4.78 is 11.5. The van der Waals surface area contributed by atoms with Gasteiger partial charge in [0.05, 0.1) is 18.6 Å².